The van der Waals surface area contributed by atoms with Crippen LogP contribution in [0.5, 0.6) is 11.5 Å². The largest absolute Gasteiger partial charge is 0.511 e. The van der Waals surface area contributed by atoms with Crippen molar-refractivity contribution in [2.75, 3.05) is 0 Å². The Morgan fingerprint density at radius 3 is 1.42 bits per heavy atom. The Balaban J connectivity index is 2.30. The van der Waals surface area contributed by atoms with Crippen LogP contribution in [-0.2, 0) is 0 Å². The van der Waals surface area contributed by atoms with Crippen LogP contribution in [0, 0.1) is 0 Å². The van der Waals surface area contributed by atoms with E-state index in [1.807, 2.05) is 0 Å². The lowest BCUT2D eigenvalue weighted by Gasteiger charge is -2.20. The molecule has 2 aromatic carbocycles. The van der Waals surface area contributed by atoms with Gasteiger partial charge in [-0.25, -0.2) is 9.59 Å². The number of ketones is 2. The van der Waals surface area contributed by atoms with E-state index in [-0.39, 0.29) is 33.8 Å². The number of carbonyl (C=O) groups is 4. The highest BCUT2D eigenvalue weighted by Crippen LogP contribution is 2.38. The van der Waals surface area contributed by atoms with E-state index in [4.69, 9.17) is 10.2 Å². The quantitative estimate of drug-likeness (QED) is 0.542. The molecule has 24 heavy (non-hydrogen) atoms. The second-order valence-corrected chi connectivity index (χ2v) is 4.75. The minimum atomic E-state index is -1.68. The molecule has 0 saturated carbocycles. The van der Waals surface area contributed by atoms with Crippen molar-refractivity contribution in [3.8, 4) is 11.5 Å². The molecule has 8 heteroatoms. The molecule has 0 amide bonds. The van der Waals surface area contributed by atoms with Gasteiger partial charge < -0.3 is 19.7 Å². The summed E-state index contributed by atoms with van der Waals surface area (Å²) >= 11 is 0. The summed E-state index contributed by atoms with van der Waals surface area (Å²) in [6.07, 6.45) is -3.36. The zero-order valence-corrected chi connectivity index (χ0v) is 11.8. The molecule has 0 bridgehead atoms. The number of ether oxygens (including phenoxy) is 2. The molecule has 0 aromatic heterocycles. The monoisotopic (exact) mass is 328 g/mol. The van der Waals surface area contributed by atoms with Crippen molar-refractivity contribution in [3.63, 3.8) is 0 Å². The van der Waals surface area contributed by atoms with Gasteiger partial charge >= 0.3 is 12.3 Å². The first-order valence-corrected chi connectivity index (χ1v) is 6.57. The van der Waals surface area contributed by atoms with Gasteiger partial charge in [-0.2, -0.15) is 0 Å². The smallest absolute Gasteiger partial charge is 0.449 e. The Morgan fingerprint density at radius 1 is 0.708 bits per heavy atom. The molecule has 0 saturated heterocycles. The molecule has 0 fully saturated rings. The molecule has 2 aromatic rings. The van der Waals surface area contributed by atoms with Crippen LogP contribution in [0.25, 0.3) is 0 Å². The molecule has 1 aliphatic rings. The van der Waals surface area contributed by atoms with Crippen molar-refractivity contribution in [1.82, 2.24) is 0 Å². The van der Waals surface area contributed by atoms with Crippen LogP contribution < -0.4 is 9.47 Å². The fourth-order valence-corrected chi connectivity index (χ4v) is 2.52. The first-order valence-electron chi connectivity index (χ1n) is 6.57. The highest BCUT2D eigenvalue weighted by atomic mass is 16.7. The van der Waals surface area contributed by atoms with E-state index >= 15 is 0 Å². The average molecular weight is 328 g/mol. The fourth-order valence-electron chi connectivity index (χ4n) is 2.52. The number of fused-ring (bicyclic) bond motifs is 2. The standard InChI is InChI=1S/C16H8O8/c17-13-7-3-1-2-4-8(7)14(18)12-10(24-16(21)22)6-5-9(11(12)13)23-15(19)20/h1-6H,(H,19,20)(H,21,22). The molecule has 120 valence electrons. The number of carboxylic acid groups (broad SMARTS) is 2. The summed E-state index contributed by atoms with van der Waals surface area (Å²) in [7, 11) is 0. The highest BCUT2D eigenvalue weighted by Gasteiger charge is 2.36. The lowest BCUT2D eigenvalue weighted by atomic mass is 9.83. The molecule has 0 spiro atoms. The summed E-state index contributed by atoms with van der Waals surface area (Å²) in [4.78, 5) is 46.9. The van der Waals surface area contributed by atoms with Crippen molar-refractivity contribution < 1.29 is 38.9 Å². The van der Waals surface area contributed by atoms with Gasteiger partial charge in [0.1, 0.15) is 11.5 Å². The van der Waals surface area contributed by atoms with Crippen molar-refractivity contribution >= 4 is 23.9 Å². The molecule has 2 N–H and O–H groups in total. The van der Waals surface area contributed by atoms with Gasteiger partial charge in [-0.1, -0.05) is 24.3 Å². The number of hydrogen-bond donors (Lipinski definition) is 2. The summed E-state index contributed by atoms with van der Waals surface area (Å²) in [5, 5.41) is 17.6. The molecule has 0 aliphatic heterocycles. The van der Waals surface area contributed by atoms with E-state index in [2.05, 4.69) is 9.47 Å². The maximum Gasteiger partial charge on any atom is 0.511 e. The van der Waals surface area contributed by atoms with E-state index in [0.29, 0.717) is 0 Å². The summed E-state index contributed by atoms with van der Waals surface area (Å²) < 4.78 is 9.09. The van der Waals surface area contributed by atoms with Crippen molar-refractivity contribution in [2.24, 2.45) is 0 Å². The molecule has 8 nitrogen and oxygen atoms in total. The van der Waals surface area contributed by atoms with E-state index in [1.165, 1.54) is 12.1 Å². The van der Waals surface area contributed by atoms with Crippen LogP contribution in [0.3, 0.4) is 0 Å². The molecule has 0 unspecified atom stereocenters. The van der Waals surface area contributed by atoms with Crippen molar-refractivity contribution in [3.05, 3.63) is 58.7 Å². The predicted octanol–water partition coefficient (Wildman–Crippen LogP) is 2.58. The number of hydrogen-bond acceptors (Lipinski definition) is 6. The van der Waals surface area contributed by atoms with Gasteiger partial charge in [-0.15, -0.1) is 0 Å². The maximum atomic E-state index is 12.7. The fraction of sp³-hybridized carbons (Fsp3) is 0. The van der Waals surface area contributed by atoms with Crippen LogP contribution in [0.15, 0.2) is 36.4 Å². The Morgan fingerprint density at radius 2 is 1.08 bits per heavy atom. The van der Waals surface area contributed by atoms with Crippen LogP contribution in [0.1, 0.15) is 31.8 Å². The Hall–Kier alpha value is -3.68. The molecule has 1 aliphatic carbocycles. The van der Waals surface area contributed by atoms with Gasteiger partial charge in [0.15, 0.2) is 11.6 Å². The zero-order chi connectivity index (χ0) is 17.4. The third-order valence-corrected chi connectivity index (χ3v) is 3.39. The van der Waals surface area contributed by atoms with E-state index in [0.717, 1.165) is 12.1 Å². The van der Waals surface area contributed by atoms with E-state index in [9.17, 15) is 19.2 Å². The lowest BCUT2D eigenvalue weighted by Crippen LogP contribution is -2.24. The van der Waals surface area contributed by atoms with Gasteiger partial charge in [-0.3, -0.25) is 9.59 Å². The van der Waals surface area contributed by atoms with Crippen LogP contribution in [0.2, 0.25) is 0 Å². The topological polar surface area (TPSA) is 127 Å². The van der Waals surface area contributed by atoms with Crippen LogP contribution in [0.4, 0.5) is 9.59 Å². The molecular formula is C16H8O8. The SMILES string of the molecule is O=C(O)Oc1ccc(OC(=O)O)c2c1C(=O)c1ccccc1C2=O. The van der Waals surface area contributed by atoms with Crippen LogP contribution >= 0.6 is 0 Å². The molecule has 3 rings (SSSR count). The first kappa shape index (κ1) is 15.2. The predicted molar refractivity (Wildman–Crippen MR) is 77.1 cm³/mol. The van der Waals surface area contributed by atoms with E-state index in [1.54, 1.807) is 12.1 Å². The lowest BCUT2D eigenvalue weighted by molar-refractivity contribution is 0.0968. The maximum absolute atomic E-state index is 12.7. The molecule has 0 heterocycles. The summed E-state index contributed by atoms with van der Waals surface area (Å²) in [5.74, 6) is -2.06. The van der Waals surface area contributed by atoms with E-state index < -0.39 is 23.9 Å². The minimum absolute atomic E-state index is 0.0673. The first-order chi connectivity index (χ1) is 11.4. The summed E-state index contributed by atoms with van der Waals surface area (Å²) in [6, 6.07) is 8.03. The van der Waals surface area contributed by atoms with Crippen LogP contribution in [-0.4, -0.2) is 34.1 Å². The Labute approximate surface area is 133 Å². The molecular weight excluding hydrogens is 320 g/mol. The highest BCUT2D eigenvalue weighted by molar-refractivity contribution is 6.30. The Kier molecular flexibility index (Phi) is 3.49. The van der Waals surface area contributed by atoms with Gasteiger partial charge in [0.25, 0.3) is 0 Å². The van der Waals surface area contributed by atoms with Gasteiger partial charge in [0.2, 0.25) is 0 Å². The number of benzene rings is 2. The van der Waals surface area contributed by atoms with Gasteiger partial charge in [0.05, 0.1) is 11.1 Å². The minimum Gasteiger partial charge on any atom is -0.449 e. The second kappa shape index (κ2) is 5.51. The normalized spacial score (nSPS) is 12.2. The molecule has 0 radical (unpaired) electrons. The van der Waals surface area contributed by atoms with Crippen molar-refractivity contribution in [1.29, 1.82) is 0 Å². The summed E-state index contributed by atoms with van der Waals surface area (Å²) in [5.41, 5.74) is -0.560. The van der Waals surface area contributed by atoms with Gasteiger partial charge in [-0.05, 0) is 12.1 Å². The molecule has 0 atom stereocenters. The van der Waals surface area contributed by atoms with Gasteiger partial charge in [0, 0.05) is 11.1 Å². The number of carbonyl (C=O) groups excluding carboxylic acids is 2. The number of rotatable bonds is 2. The third-order valence-electron chi connectivity index (χ3n) is 3.39. The third kappa shape index (κ3) is 2.35. The zero-order valence-electron chi connectivity index (χ0n) is 11.8. The second-order valence-electron chi connectivity index (χ2n) is 4.75. The van der Waals surface area contributed by atoms with Crippen molar-refractivity contribution in [2.45, 2.75) is 0 Å². The summed E-state index contributed by atoms with van der Waals surface area (Å²) in [6.45, 7) is 0. The average Bonchev–Trinajstić information content (AvgIpc) is 2.53. The Bertz CT molecular complexity index is 838.